The maximum Gasteiger partial charge on any atom is 0.326 e. The molecule has 0 saturated heterocycles. The molecular weight excluding hydrogens is 222 g/mol. The number of carboxylic acids is 1. The molecule has 1 aliphatic rings. The fourth-order valence-electron chi connectivity index (χ4n) is 1.95. The summed E-state index contributed by atoms with van der Waals surface area (Å²) in [6.07, 6.45) is 4.70. The summed E-state index contributed by atoms with van der Waals surface area (Å²) in [6, 6.07) is -0.894. The van der Waals surface area contributed by atoms with Crippen molar-refractivity contribution in [3.63, 3.8) is 0 Å². The van der Waals surface area contributed by atoms with E-state index in [0.717, 1.165) is 19.3 Å². The molecule has 1 unspecified atom stereocenters. The van der Waals surface area contributed by atoms with E-state index < -0.39 is 12.0 Å². The highest BCUT2D eigenvalue weighted by Gasteiger charge is 2.39. The molecule has 0 aromatic carbocycles. The summed E-state index contributed by atoms with van der Waals surface area (Å²) < 4.78 is 5.32. The van der Waals surface area contributed by atoms with E-state index in [-0.39, 0.29) is 24.3 Å². The van der Waals surface area contributed by atoms with Crippen LogP contribution in [0, 0.1) is 0 Å². The van der Waals surface area contributed by atoms with Crippen LogP contribution < -0.4 is 5.32 Å². The summed E-state index contributed by atoms with van der Waals surface area (Å²) in [7, 11) is 1.59. The third-order valence-electron chi connectivity index (χ3n) is 3.22. The van der Waals surface area contributed by atoms with Crippen LogP contribution in [0.25, 0.3) is 0 Å². The van der Waals surface area contributed by atoms with Crippen LogP contribution in [0.15, 0.2) is 12.7 Å². The van der Waals surface area contributed by atoms with Crippen molar-refractivity contribution in [2.75, 3.05) is 7.11 Å². The zero-order valence-electron chi connectivity index (χ0n) is 10.1. The number of ether oxygens (including phenoxy) is 1. The Morgan fingerprint density at radius 3 is 2.59 bits per heavy atom. The number of amides is 1. The molecule has 5 heteroatoms. The number of carbonyl (C=O) groups excluding carboxylic acids is 1. The molecule has 0 aliphatic heterocycles. The summed E-state index contributed by atoms with van der Waals surface area (Å²) in [5.41, 5.74) is -0.374. The molecule has 1 aliphatic carbocycles. The largest absolute Gasteiger partial charge is 0.480 e. The predicted octanol–water partition coefficient (Wildman–Crippen LogP) is 1.09. The Balaban J connectivity index is 2.47. The lowest BCUT2D eigenvalue weighted by Gasteiger charge is -2.40. The summed E-state index contributed by atoms with van der Waals surface area (Å²) in [5.74, 6) is -1.32. The number of hydrogen-bond donors (Lipinski definition) is 2. The Morgan fingerprint density at radius 2 is 2.24 bits per heavy atom. The van der Waals surface area contributed by atoms with Gasteiger partial charge in [-0.05, 0) is 25.7 Å². The van der Waals surface area contributed by atoms with Crippen molar-refractivity contribution in [3.8, 4) is 0 Å². The lowest BCUT2D eigenvalue weighted by molar-refractivity contribution is -0.144. The molecule has 0 aromatic rings. The van der Waals surface area contributed by atoms with Crippen LogP contribution in [-0.2, 0) is 14.3 Å². The third kappa shape index (κ3) is 3.56. The number of nitrogens with one attached hydrogen (secondary N) is 1. The molecule has 0 radical (unpaired) electrons. The van der Waals surface area contributed by atoms with E-state index in [9.17, 15) is 9.59 Å². The van der Waals surface area contributed by atoms with Crippen LogP contribution in [-0.4, -0.2) is 35.7 Å². The second-order valence-electron chi connectivity index (χ2n) is 4.40. The van der Waals surface area contributed by atoms with Gasteiger partial charge >= 0.3 is 5.97 Å². The highest BCUT2D eigenvalue weighted by molar-refractivity contribution is 5.84. The van der Waals surface area contributed by atoms with Crippen LogP contribution >= 0.6 is 0 Å². The molecule has 1 amide bonds. The molecule has 17 heavy (non-hydrogen) atoms. The Hall–Kier alpha value is -1.36. The minimum Gasteiger partial charge on any atom is -0.480 e. The minimum atomic E-state index is -1.04. The lowest BCUT2D eigenvalue weighted by Crippen LogP contribution is -2.47. The molecule has 1 atom stereocenters. The Kier molecular flexibility index (Phi) is 4.69. The van der Waals surface area contributed by atoms with E-state index in [1.165, 1.54) is 6.08 Å². The highest BCUT2D eigenvalue weighted by atomic mass is 16.5. The van der Waals surface area contributed by atoms with Gasteiger partial charge in [-0.25, -0.2) is 4.79 Å². The van der Waals surface area contributed by atoms with E-state index in [2.05, 4.69) is 11.9 Å². The Labute approximate surface area is 101 Å². The standard InChI is InChI=1S/C12H19NO4/c1-3-5-9(11(15)16)13-10(14)8-12(17-2)6-4-7-12/h3,9H,1,4-8H2,2H3,(H,13,14)(H,15,16). The number of aliphatic carboxylic acids is 1. The van der Waals surface area contributed by atoms with Crippen LogP contribution in [0.1, 0.15) is 32.1 Å². The first-order valence-electron chi connectivity index (χ1n) is 5.71. The second-order valence-corrected chi connectivity index (χ2v) is 4.40. The third-order valence-corrected chi connectivity index (χ3v) is 3.22. The van der Waals surface area contributed by atoms with E-state index in [1.807, 2.05) is 0 Å². The summed E-state index contributed by atoms with van der Waals surface area (Å²) >= 11 is 0. The van der Waals surface area contributed by atoms with Gasteiger partial charge in [0.15, 0.2) is 0 Å². The molecule has 0 spiro atoms. The van der Waals surface area contributed by atoms with Crippen LogP contribution in [0.2, 0.25) is 0 Å². The van der Waals surface area contributed by atoms with Gasteiger partial charge in [0.1, 0.15) is 6.04 Å². The number of carboxylic acid groups (broad SMARTS) is 1. The van der Waals surface area contributed by atoms with Crippen molar-refractivity contribution in [1.82, 2.24) is 5.32 Å². The lowest BCUT2D eigenvalue weighted by atomic mass is 9.77. The quantitative estimate of drug-likeness (QED) is 0.654. The average Bonchev–Trinajstić information content (AvgIpc) is 2.22. The first kappa shape index (κ1) is 13.7. The fraction of sp³-hybridized carbons (Fsp3) is 0.667. The van der Waals surface area contributed by atoms with Crippen molar-refractivity contribution in [2.24, 2.45) is 0 Å². The average molecular weight is 241 g/mol. The van der Waals surface area contributed by atoms with Crippen LogP contribution in [0.4, 0.5) is 0 Å². The van der Waals surface area contributed by atoms with Gasteiger partial charge in [0.25, 0.3) is 0 Å². The second kappa shape index (κ2) is 5.82. The van der Waals surface area contributed by atoms with E-state index >= 15 is 0 Å². The topological polar surface area (TPSA) is 75.6 Å². The maximum absolute atomic E-state index is 11.7. The maximum atomic E-state index is 11.7. The molecule has 0 aromatic heterocycles. The normalized spacial score (nSPS) is 18.9. The number of rotatable bonds is 7. The monoisotopic (exact) mass is 241 g/mol. The summed E-state index contributed by atoms with van der Waals surface area (Å²) in [5, 5.41) is 11.4. The number of methoxy groups -OCH3 is 1. The number of hydrogen-bond acceptors (Lipinski definition) is 3. The van der Waals surface area contributed by atoms with Gasteiger partial charge in [0, 0.05) is 7.11 Å². The fourth-order valence-corrected chi connectivity index (χ4v) is 1.95. The molecule has 0 heterocycles. The van der Waals surface area contributed by atoms with E-state index in [4.69, 9.17) is 9.84 Å². The van der Waals surface area contributed by atoms with Crippen molar-refractivity contribution in [1.29, 1.82) is 0 Å². The van der Waals surface area contributed by atoms with Crippen molar-refractivity contribution < 1.29 is 19.4 Å². The van der Waals surface area contributed by atoms with Gasteiger partial charge in [-0.1, -0.05) is 6.08 Å². The van der Waals surface area contributed by atoms with Crippen LogP contribution in [0.5, 0.6) is 0 Å². The first-order chi connectivity index (χ1) is 8.03. The molecule has 0 bridgehead atoms. The molecule has 1 fully saturated rings. The van der Waals surface area contributed by atoms with Crippen LogP contribution in [0.3, 0.4) is 0 Å². The van der Waals surface area contributed by atoms with Crippen molar-refractivity contribution in [2.45, 2.75) is 43.7 Å². The van der Waals surface area contributed by atoms with Gasteiger partial charge < -0.3 is 15.2 Å². The molecule has 1 rings (SSSR count). The SMILES string of the molecule is C=CCC(NC(=O)CC1(OC)CCC1)C(=O)O. The molecule has 5 nitrogen and oxygen atoms in total. The predicted molar refractivity (Wildman–Crippen MR) is 62.6 cm³/mol. The first-order valence-corrected chi connectivity index (χ1v) is 5.71. The molecule has 1 saturated carbocycles. The Morgan fingerprint density at radius 1 is 1.59 bits per heavy atom. The zero-order valence-corrected chi connectivity index (χ0v) is 10.1. The summed E-state index contributed by atoms with van der Waals surface area (Å²) in [4.78, 5) is 22.6. The smallest absolute Gasteiger partial charge is 0.326 e. The molecule has 96 valence electrons. The van der Waals surface area contributed by atoms with Gasteiger partial charge in [-0.3, -0.25) is 4.79 Å². The zero-order chi connectivity index (χ0) is 12.9. The van der Waals surface area contributed by atoms with Crippen molar-refractivity contribution >= 4 is 11.9 Å². The number of carbonyl (C=O) groups is 2. The molecular formula is C12H19NO4. The van der Waals surface area contributed by atoms with Gasteiger partial charge in [-0.2, -0.15) is 0 Å². The van der Waals surface area contributed by atoms with Gasteiger partial charge in [-0.15, -0.1) is 6.58 Å². The Bertz CT molecular complexity index is 304. The molecule has 2 N–H and O–H groups in total. The highest BCUT2D eigenvalue weighted by Crippen LogP contribution is 2.37. The minimum absolute atomic E-state index is 0.223. The van der Waals surface area contributed by atoms with E-state index in [1.54, 1.807) is 7.11 Å². The van der Waals surface area contributed by atoms with E-state index in [0.29, 0.717) is 0 Å². The van der Waals surface area contributed by atoms with Crippen molar-refractivity contribution in [3.05, 3.63) is 12.7 Å². The van der Waals surface area contributed by atoms with Gasteiger partial charge in [0.05, 0.1) is 12.0 Å². The summed E-state index contributed by atoms with van der Waals surface area (Å²) in [6.45, 7) is 3.47. The van der Waals surface area contributed by atoms with Gasteiger partial charge in [0.2, 0.25) is 5.91 Å².